The van der Waals surface area contributed by atoms with Gasteiger partial charge in [-0.25, -0.2) is 0 Å². The molecule has 4 unspecified atom stereocenters. The molecule has 3 aromatic rings. The van der Waals surface area contributed by atoms with Gasteiger partial charge in [0.1, 0.15) is 23.0 Å². The van der Waals surface area contributed by atoms with Crippen LogP contribution in [0.3, 0.4) is 0 Å². The quantitative estimate of drug-likeness (QED) is 0.515. The van der Waals surface area contributed by atoms with Gasteiger partial charge in [-0.2, -0.15) is 0 Å². The highest BCUT2D eigenvalue weighted by molar-refractivity contribution is 5.63. The fourth-order valence-corrected chi connectivity index (χ4v) is 5.52. The van der Waals surface area contributed by atoms with Crippen LogP contribution in [0, 0.1) is 0 Å². The summed E-state index contributed by atoms with van der Waals surface area (Å²) in [6, 6.07) is 20.2. The fourth-order valence-electron chi connectivity index (χ4n) is 5.52. The maximum Gasteiger partial charge on any atom is 0.183 e. The number of rotatable bonds is 5. The molecule has 1 aliphatic heterocycles. The van der Waals surface area contributed by atoms with Gasteiger partial charge in [0.25, 0.3) is 0 Å². The van der Waals surface area contributed by atoms with E-state index in [9.17, 15) is 10.2 Å². The highest BCUT2D eigenvalue weighted by Crippen LogP contribution is 2.70. The van der Waals surface area contributed by atoms with Crippen LogP contribution in [-0.4, -0.2) is 37.3 Å². The van der Waals surface area contributed by atoms with Crippen LogP contribution in [-0.2, 0) is 11.2 Å². The standard InChI is InChI=1S/C26H27NO6/c1-30-18-11-9-17(10-12-18)25-20(16-7-5-4-6-8-16)15-24(27,28)26(25,29)23-21(32-3)13-19(31-2)14-22(23)33-25/h4-14,20,28-29H,15,27H2,1-3H3. The minimum atomic E-state index is -2.03. The molecule has 172 valence electrons. The van der Waals surface area contributed by atoms with Crippen LogP contribution in [0.2, 0.25) is 0 Å². The maximum absolute atomic E-state index is 12.5. The van der Waals surface area contributed by atoms with Crippen LogP contribution in [0.25, 0.3) is 0 Å². The molecule has 7 nitrogen and oxygen atoms in total. The Labute approximate surface area is 192 Å². The summed E-state index contributed by atoms with van der Waals surface area (Å²) >= 11 is 0. The Bertz CT molecular complexity index is 1180. The molecule has 3 aromatic carbocycles. The molecule has 4 atom stereocenters. The Morgan fingerprint density at radius 3 is 2.15 bits per heavy atom. The van der Waals surface area contributed by atoms with Crippen molar-refractivity contribution < 1.29 is 29.2 Å². The summed E-state index contributed by atoms with van der Waals surface area (Å²) in [5, 5.41) is 24.1. The number of hydrogen-bond donors (Lipinski definition) is 3. The molecule has 4 N–H and O–H groups in total. The van der Waals surface area contributed by atoms with Crippen LogP contribution >= 0.6 is 0 Å². The van der Waals surface area contributed by atoms with Crippen molar-refractivity contribution in [2.24, 2.45) is 5.73 Å². The van der Waals surface area contributed by atoms with E-state index in [0.717, 1.165) is 5.56 Å². The molecular weight excluding hydrogens is 422 g/mol. The number of methoxy groups -OCH3 is 3. The van der Waals surface area contributed by atoms with Crippen LogP contribution in [0.1, 0.15) is 29.0 Å². The summed E-state index contributed by atoms with van der Waals surface area (Å²) in [5.41, 5.74) is 2.86. The number of hydrogen-bond acceptors (Lipinski definition) is 7. The Balaban J connectivity index is 1.84. The van der Waals surface area contributed by atoms with Crippen molar-refractivity contribution in [2.45, 2.75) is 29.3 Å². The lowest BCUT2D eigenvalue weighted by Crippen LogP contribution is -2.61. The zero-order chi connectivity index (χ0) is 23.4. The number of benzene rings is 3. The van der Waals surface area contributed by atoms with E-state index in [-0.39, 0.29) is 6.42 Å². The average molecular weight is 450 g/mol. The van der Waals surface area contributed by atoms with Crippen LogP contribution in [0.4, 0.5) is 0 Å². The van der Waals surface area contributed by atoms with Crippen molar-refractivity contribution in [3.05, 3.63) is 83.4 Å². The van der Waals surface area contributed by atoms with Gasteiger partial charge in [0, 0.05) is 24.5 Å². The lowest BCUT2D eigenvalue weighted by molar-refractivity contribution is -0.194. The monoisotopic (exact) mass is 449 g/mol. The first-order valence-electron chi connectivity index (χ1n) is 10.7. The molecular formula is C26H27NO6. The van der Waals surface area contributed by atoms with Gasteiger partial charge >= 0.3 is 0 Å². The molecule has 1 saturated carbocycles. The summed E-state index contributed by atoms with van der Waals surface area (Å²) in [5.74, 6) is 1.34. The van der Waals surface area contributed by atoms with Crippen LogP contribution in [0.5, 0.6) is 23.0 Å². The molecule has 0 radical (unpaired) electrons. The normalized spacial score (nSPS) is 29.7. The minimum absolute atomic E-state index is 0.0637. The highest BCUT2D eigenvalue weighted by Gasteiger charge is 2.78. The number of fused-ring (bicyclic) bond motifs is 3. The first-order chi connectivity index (χ1) is 15.8. The van der Waals surface area contributed by atoms with E-state index in [1.54, 1.807) is 31.4 Å². The molecule has 0 bridgehead atoms. The Kier molecular flexibility index (Phi) is 4.83. The van der Waals surface area contributed by atoms with E-state index in [1.165, 1.54) is 14.2 Å². The van der Waals surface area contributed by atoms with Crippen molar-refractivity contribution in [1.82, 2.24) is 0 Å². The van der Waals surface area contributed by atoms with Gasteiger partial charge in [0.15, 0.2) is 16.9 Å². The number of nitrogens with two attached hydrogens (primary N) is 1. The molecule has 1 aliphatic carbocycles. The third-order valence-corrected chi connectivity index (χ3v) is 7.02. The summed E-state index contributed by atoms with van der Waals surface area (Å²) in [4.78, 5) is 0. The Hall–Kier alpha value is -3.26. The van der Waals surface area contributed by atoms with Gasteiger partial charge in [-0.05, 0) is 23.3 Å². The van der Waals surface area contributed by atoms with Crippen molar-refractivity contribution in [1.29, 1.82) is 0 Å². The van der Waals surface area contributed by atoms with Gasteiger partial charge in [-0.15, -0.1) is 0 Å². The predicted octanol–water partition coefficient (Wildman–Crippen LogP) is 3.02. The summed E-state index contributed by atoms with van der Waals surface area (Å²) in [6.45, 7) is 0. The second-order valence-corrected chi connectivity index (χ2v) is 8.57. The average Bonchev–Trinajstić information content (AvgIpc) is 3.22. The molecule has 0 aromatic heterocycles. The molecule has 7 heteroatoms. The van der Waals surface area contributed by atoms with Gasteiger partial charge in [0.05, 0.1) is 26.9 Å². The van der Waals surface area contributed by atoms with E-state index in [4.69, 9.17) is 24.7 Å². The maximum atomic E-state index is 12.5. The first kappa shape index (κ1) is 21.6. The molecule has 33 heavy (non-hydrogen) atoms. The SMILES string of the molecule is COc1ccc(C23Oc4cc(OC)cc(OC)c4C2(O)C(N)(O)CC3c2ccccc2)cc1. The lowest BCUT2D eigenvalue weighted by atomic mass is 9.70. The third-order valence-electron chi connectivity index (χ3n) is 7.02. The fraction of sp³-hybridized carbons (Fsp3) is 0.308. The smallest absolute Gasteiger partial charge is 0.183 e. The Morgan fingerprint density at radius 2 is 1.55 bits per heavy atom. The van der Waals surface area contributed by atoms with Gasteiger partial charge in [0.2, 0.25) is 0 Å². The van der Waals surface area contributed by atoms with Gasteiger partial charge in [-0.3, -0.25) is 0 Å². The highest BCUT2D eigenvalue weighted by atomic mass is 16.5. The second kappa shape index (κ2) is 7.38. The number of aliphatic hydroxyl groups is 2. The molecule has 5 rings (SSSR count). The lowest BCUT2D eigenvalue weighted by Gasteiger charge is -2.43. The van der Waals surface area contributed by atoms with E-state index in [0.29, 0.717) is 34.1 Å². The predicted molar refractivity (Wildman–Crippen MR) is 122 cm³/mol. The van der Waals surface area contributed by atoms with Crippen molar-refractivity contribution in [3.63, 3.8) is 0 Å². The molecule has 0 amide bonds. The largest absolute Gasteiger partial charge is 0.497 e. The van der Waals surface area contributed by atoms with Crippen molar-refractivity contribution in [2.75, 3.05) is 21.3 Å². The van der Waals surface area contributed by atoms with E-state index >= 15 is 0 Å². The second-order valence-electron chi connectivity index (χ2n) is 8.57. The van der Waals surface area contributed by atoms with Crippen molar-refractivity contribution >= 4 is 0 Å². The van der Waals surface area contributed by atoms with Gasteiger partial charge in [-0.1, -0.05) is 42.5 Å². The summed E-state index contributed by atoms with van der Waals surface area (Å²) < 4.78 is 23.0. The van der Waals surface area contributed by atoms with E-state index in [2.05, 4.69) is 0 Å². The van der Waals surface area contributed by atoms with Gasteiger partial charge < -0.3 is 34.9 Å². The van der Waals surface area contributed by atoms with E-state index < -0.39 is 22.8 Å². The Morgan fingerprint density at radius 1 is 0.879 bits per heavy atom. The van der Waals surface area contributed by atoms with E-state index in [1.807, 2.05) is 42.5 Å². The molecule has 0 saturated heterocycles. The first-order valence-corrected chi connectivity index (χ1v) is 10.7. The molecule has 2 aliphatic rings. The zero-order valence-corrected chi connectivity index (χ0v) is 18.7. The van der Waals surface area contributed by atoms with Crippen LogP contribution < -0.4 is 24.7 Å². The van der Waals surface area contributed by atoms with Crippen molar-refractivity contribution in [3.8, 4) is 23.0 Å². The molecule has 0 spiro atoms. The minimum Gasteiger partial charge on any atom is -0.497 e. The molecule has 1 heterocycles. The number of ether oxygens (including phenoxy) is 4. The molecule has 1 fully saturated rings. The summed E-state index contributed by atoms with van der Waals surface area (Å²) in [6.07, 6.45) is 0.0637. The summed E-state index contributed by atoms with van der Waals surface area (Å²) in [7, 11) is 4.62. The van der Waals surface area contributed by atoms with Crippen LogP contribution in [0.15, 0.2) is 66.7 Å². The third kappa shape index (κ3) is 2.73. The zero-order valence-electron chi connectivity index (χ0n) is 18.7. The topological polar surface area (TPSA) is 103 Å².